The average Bonchev–Trinajstić information content (AvgIpc) is 2.79. The van der Waals surface area contributed by atoms with Gasteiger partial charge in [0, 0.05) is 44.0 Å². The largest absolute Gasteiger partial charge is 0.322 e. The SMILES string of the molecule is CCS(=O)(=O)N1CCN(Cc2cccc(C(=O)Nc3ccc4ccccc4c3)c2)CC1. The summed E-state index contributed by atoms with van der Waals surface area (Å²) in [5, 5.41) is 5.20. The van der Waals surface area contributed by atoms with Crippen molar-refractivity contribution in [3.05, 3.63) is 77.9 Å². The van der Waals surface area contributed by atoms with Crippen LogP contribution in [0.25, 0.3) is 10.8 Å². The maximum Gasteiger partial charge on any atom is 0.255 e. The van der Waals surface area contributed by atoms with Gasteiger partial charge in [0.2, 0.25) is 10.0 Å². The lowest BCUT2D eigenvalue weighted by Crippen LogP contribution is -2.48. The van der Waals surface area contributed by atoms with E-state index in [9.17, 15) is 13.2 Å². The third kappa shape index (κ3) is 5.12. The number of benzene rings is 3. The van der Waals surface area contributed by atoms with Crippen molar-refractivity contribution in [2.45, 2.75) is 13.5 Å². The number of nitrogens with one attached hydrogen (secondary N) is 1. The molecule has 4 rings (SSSR count). The van der Waals surface area contributed by atoms with Crippen LogP contribution in [0.1, 0.15) is 22.8 Å². The van der Waals surface area contributed by atoms with Crippen LogP contribution in [0.5, 0.6) is 0 Å². The first kappa shape index (κ1) is 21.5. The van der Waals surface area contributed by atoms with E-state index < -0.39 is 10.0 Å². The van der Waals surface area contributed by atoms with E-state index in [1.165, 1.54) is 0 Å². The first-order valence-corrected chi connectivity index (χ1v) is 12.1. The lowest BCUT2D eigenvalue weighted by molar-refractivity contribution is 0.102. The number of carbonyl (C=O) groups is 1. The summed E-state index contributed by atoms with van der Waals surface area (Å²) in [5.74, 6) is -0.00236. The van der Waals surface area contributed by atoms with Crippen molar-refractivity contribution < 1.29 is 13.2 Å². The van der Waals surface area contributed by atoms with Gasteiger partial charge in [-0.2, -0.15) is 4.31 Å². The van der Waals surface area contributed by atoms with E-state index in [1.54, 1.807) is 11.2 Å². The van der Waals surface area contributed by atoms with E-state index in [2.05, 4.69) is 10.2 Å². The summed E-state index contributed by atoms with van der Waals surface area (Å²) in [7, 11) is -3.13. The van der Waals surface area contributed by atoms with Gasteiger partial charge in [-0.25, -0.2) is 8.42 Å². The van der Waals surface area contributed by atoms with Crippen LogP contribution in [0.4, 0.5) is 5.69 Å². The minimum atomic E-state index is -3.13. The topological polar surface area (TPSA) is 69.7 Å². The Bertz CT molecular complexity index is 1190. The first-order chi connectivity index (χ1) is 14.9. The monoisotopic (exact) mass is 437 g/mol. The Labute approximate surface area is 183 Å². The van der Waals surface area contributed by atoms with E-state index in [0.29, 0.717) is 38.3 Å². The van der Waals surface area contributed by atoms with E-state index in [1.807, 2.05) is 66.7 Å². The van der Waals surface area contributed by atoms with Crippen LogP contribution in [0, 0.1) is 0 Å². The molecular formula is C24H27N3O3S. The fourth-order valence-electron chi connectivity index (χ4n) is 3.89. The maximum atomic E-state index is 12.8. The second-order valence-electron chi connectivity index (χ2n) is 7.79. The number of hydrogen-bond acceptors (Lipinski definition) is 4. The molecule has 1 N–H and O–H groups in total. The quantitative estimate of drug-likeness (QED) is 0.640. The zero-order chi connectivity index (χ0) is 21.8. The van der Waals surface area contributed by atoms with Gasteiger partial charge in [0.25, 0.3) is 5.91 Å². The molecule has 0 unspecified atom stereocenters. The van der Waals surface area contributed by atoms with E-state index in [0.717, 1.165) is 22.0 Å². The third-order valence-corrected chi connectivity index (χ3v) is 7.57. The van der Waals surface area contributed by atoms with Crippen molar-refractivity contribution in [2.75, 3.05) is 37.2 Å². The fraction of sp³-hybridized carbons (Fsp3) is 0.292. The molecule has 0 radical (unpaired) electrons. The first-order valence-electron chi connectivity index (χ1n) is 10.5. The molecule has 1 saturated heterocycles. The second kappa shape index (κ2) is 9.18. The van der Waals surface area contributed by atoms with Crippen molar-refractivity contribution in [1.29, 1.82) is 0 Å². The molecular weight excluding hydrogens is 410 g/mol. The molecule has 0 saturated carbocycles. The van der Waals surface area contributed by atoms with Gasteiger partial charge >= 0.3 is 0 Å². The number of piperazine rings is 1. The van der Waals surface area contributed by atoms with Crippen molar-refractivity contribution >= 4 is 32.4 Å². The van der Waals surface area contributed by atoms with Gasteiger partial charge in [0.1, 0.15) is 0 Å². The molecule has 1 heterocycles. The second-order valence-corrected chi connectivity index (χ2v) is 10.0. The molecule has 3 aromatic rings. The van der Waals surface area contributed by atoms with E-state index >= 15 is 0 Å². The summed E-state index contributed by atoms with van der Waals surface area (Å²) in [6.45, 7) is 4.77. The minimum Gasteiger partial charge on any atom is -0.322 e. The van der Waals surface area contributed by atoms with Crippen LogP contribution < -0.4 is 5.32 Å². The normalized spacial score (nSPS) is 15.8. The molecule has 0 spiro atoms. The molecule has 0 aliphatic carbocycles. The summed E-state index contributed by atoms with van der Waals surface area (Å²) in [6.07, 6.45) is 0. The van der Waals surface area contributed by atoms with Crippen molar-refractivity contribution in [1.82, 2.24) is 9.21 Å². The summed E-state index contributed by atoms with van der Waals surface area (Å²) < 4.78 is 25.6. The van der Waals surface area contributed by atoms with Crippen molar-refractivity contribution in [3.8, 4) is 0 Å². The fourth-order valence-corrected chi connectivity index (χ4v) is 4.97. The Morgan fingerprint density at radius 2 is 1.65 bits per heavy atom. The number of sulfonamides is 1. The third-order valence-electron chi connectivity index (χ3n) is 5.69. The molecule has 0 bridgehead atoms. The Hall–Kier alpha value is -2.74. The molecule has 31 heavy (non-hydrogen) atoms. The maximum absolute atomic E-state index is 12.8. The molecule has 1 aliphatic rings. The smallest absolute Gasteiger partial charge is 0.255 e. The number of hydrogen-bond donors (Lipinski definition) is 1. The van der Waals surface area contributed by atoms with Gasteiger partial charge < -0.3 is 5.32 Å². The van der Waals surface area contributed by atoms with Crippen LogP contribution in [0.3, 0.4) is 0 Å². The molecule has 1 aliphatic heterocycles. The summed E-state index contributed by atoms with van der Waals surface area (Å²) in [6, 6.07) is 21.5. The Kier molecular flexibility index (Phi) is 6.36. The Balaban J connectivity index is 1.39. The average molecular weight is 438 g/mol. The molecule has 1 fully saturated rings. The lowest BCUT2D eigenvalue weighted by atomic mass is 10.1. The number of rotatable bonds is 6. The standard InChI is InChI=1S/C24H27N3O3S/c1-2-31(29,30)27-14-12-26(13-15-27)18-19-6-5-9-22(16-19)24(28)25-23-11-10-20-7-3-4-8-21(20)17-23/h3-11,16-17H,2,12-15,18H2,1H3,(H,25,28). The van der Waals surface area contributed by atoms with Crippen LogP contribution >= 0.6 is 0 Å². The van der Waals surface area contributed by atoms with Crippen LogP contribution in [-0.4, -0.2) is 55.5 Å². The number of amides is 1. The van der Waals surface area contributed by atoms with E-state index in [-0.39, 0.29) is 11.7 Å². The molecule has 7 heteroatoms. The predicted molar refractivity (Wildman–Crippen MR) is 125 cm³/mol. The number of carbonyl (C=O) groups excluding carboxylic acids is 1. The lowest BCUT2D eigenvalue weighted by Gasteiger charge is -2.33. The summed E-state index contributed by atoms with van der Waals surface area (Å²) in [5.41, 5.74) is 2.41. The Morgan fingerprint density at radius 1 is 0.903 bits per heavy atom. The highest BCUT2D eigenvalue weighted by atomic mass is 32.2. The number of fused-ring (bicyclic) bond motifs is 1. The highest BCUT2D eigenvalue weighted by molar-refractivity contribution is 7.89. The van der Waals surface area contributed by atoms with Crippen LogP contribution in [0.15, 0.2) is 66.7 Å². The van der Waals surface area contributed by atoms with Gasteiger partial charge in [-0.3, -0.25) is 9.69 Å². The number of anilines is 1. The highest BCUT2D eigenvalue weighted by Crippen LogP contribution is 2.20. The molecule has 1 amide bonds. The van der Waals surface area contributed by atoms with E-state index in [4.69, 9.17) is 0 Å². The van der Waals surface area contributed by atoms with Crippen molar-refractivity contribution in [3.63, 3.8) is 0 Å². The van der Waals surface area contributed by atoms with Gasteiger partial charge in [0.15, 0.2) is 0 Å². The molecule has 6 nitrogen and oxygen atoms in total. The number of nitrogens with zero attached hydrogens (tertiary/aromatic N) is 2. The Morgan fingerprint density at radius 3 is 2.39 bits per heavy atom. The predicted octanol–water partition coefficient (Wildman–Crippen LogP) is 3.56. The summed E-state index contributed by atoms with van der Waals surface area (Å²) >= 11 is 0. The summed E-state index contributed by atoms with van der Waals surface area (Å²) in [4.78, 5) is 15.0. The minimum absolute atomic E-state index is 0.140. The molecule has 0 atom stereocenters. The van der Waals surface area contributed by atoms with Crippen molar-refractivity contribution in [2.24, 2.45) is 0 Å². The zero-order valence-electron chi connectivity index (χ0n) is 17.6. The van der Waals surface area contributed by atoms with Gasteiger partial charge in [0.05, 0.1) is 5.75 Å². The van der Waals surface area contributed by atoms with Crippen LogP contribution in [0.2, 0.25) is 0 Å². The van der Waals surface area contributed by atoms with Gasteiger partial charge in [-0.1, -0.05) is 42.5 Å². The zero-order valence-corrected chi connectivity index (χ0v) is 18.4. The van der Waals surface area contributed by atoms with Crippen LogP contribution in [-0.2, 0) is 16.6 Å². The molecule has 0 aromatic heterocycles. The van der Waals surface area contributed by atoms with Gasteiger partial charge in [-0.15, -0.1) is 0 Å². The highest BCUT2D eigenvalue weighted by Gasteiger charge is 2.25. The molecule has 162 valence electrons. The van der Waals surface area contributed by atoms with Gasteiger partial charge in [-0.05, 0) is 47.5 Å². The molecule has 3 aromatic carbocycles.